The molecule has 1 aliphatic carbocycles. The Balaban J connectivity index is 2.34. The molecule has 1 aromatic carbocycles. The number of hydrogen-bond acceptors (Lipinski definition) is 4. The molecular formula is C11H12F2N2O3. The first kappa shape index (κ1) is 12.7. The van der Waals surface area contributed by atoms with Crippen LogP contribution in [0, 0.1) is 10.1 Å². The van der Waals surface area contributed by atoms with Crippen molar-refractivity contribution in [1.29, 1.82) is 0 Å². The lowest BCUT2D eigenvalue weighted by Gasteiger charge is -2.44. The van der Waals surface area contributed by atoms with Crippen LogP contribution in [0.1, 0.15) is 18.4 Å². The highest BCUT2D eigenvalue weighted by Crippen LogP contribution is 2.50. The van der Waals surface area contributed by atoms with E-state index in [-0.39, 0.29) is 11.4 Å². The van der Waals surface area contributed by atoms with Crippen LogP contribution in [0.5, 0.6) is 5.75 Å². The van der Waals surface area contributed by atoms with E-state index in [1.165, 1.54) is 25.3 Å². The smallest absolute Gasteiger partial charge is 0.310 e. The molecule has 1 saturated carbocycles. The van der Waals surface area contributed by atoms with Gasteiger partial charge in [-0.1, -0.05) is 6.07 Å². The number of methoxy groups -OCH3 is 1. The molecule has 2 N–H and O–H groups in total. The summed E-state index contributed by atoms with van der Waals surface area (Å²) in [5.74, 6) is -2.73. The van der Waals surface area contributed by atoms with Crippen molar-refractivity contribution < 1.29 is 18.4 Å². The Labute approximate surface area is 102 Å². The average molecular weight is 258 g/mol. The number of alkyl halides is 2. The highest BCUT2D eigenvalue weighted by Gasteiger charge is 2.55. The van der Waals surface area contributed by atoms with Gasteiger partial charge in [0.05, 0.1) is 17.6 Å². The lowest BCUT2D eigenvalue weighted by Crippen LogP contribution is -2.55. The van der Waals surface area contributed by atoms with Gasteiger partial charge in [-0.05, 0) is 11.6 Å². The number of halogens is 2. The van der Waals surface area contributed by atoms with E-state index in [0.29, 0.717) is 5.56 Å². The molecule has 1 fully saturated rings. The summed E-state index contributed by atoms with van der Waals surface area (Å²) >= 11 is 0. The van der Waals surface area contributed by atoms with Crippen molar-refractivity contribution in [3.8, 4) is 5.75 Å². The maximum atomic E-state index is 12.9. The predicted molar refractivity (Wildman–Crippen MR) is 59.7 cm³/mol. The van der Waals surface area contributed by atoms with Crippen LogP contribution in [0.3, 0.4) is 0 Å². The third-order valence-corrected chi connectivity index (χ3v) is 3.10. The van der Waals surface area contributed by atoms with Crippen LogP contribution in [0.2, 0.25) is 0 Å². The third kappa shape index (κ3) is 2.01. The first-order valence-corrected chi connectivity index (χ1v) is 5.27. The van der Waals surface area contributed by atoms with Crippen LogP contribution >= 0.6 is 0 Å². The summed E-state index contributed by atoms with van der Waals surface area (Å²) in [7, 11) is 1.28. The minimum Gasteiger partial charge on any atom is -0.490 e. The fourth-order valence-corrected chi connectivity index (χ4v) is 2.21. The van der Waals surface area contributed by atoms with Crippen molar-refractivity contribution in [2.75, 3.05) is 7.11 Å². The van der Waals surface area contributed by atoms with Crippen LogP contribution in [0.25, 0.3) is 0 Å². The minimum atomic E-state index is -2.76. The number of nitrogens with zero attached hydrogens (tertiary/aromatic N) is 1. The lowest BCUT2D eigenvalue weighted by molar-refractivity contribution is -0.385. The summed E-state index contributed by atoms with van der Waals surface area (Å²) in [6, 6.07) is 3.97. The first-order valence-electron chi connectivity index (χ1n) is 5.27. The van der Waals surface area contributed by atoms with Gasteiger partial charge in [-0.2, -0.15) is 0 Å². The molecule has 1 aliphatic rings. The van der Waals surface area contributed by atoms with Gasteiger partial charge in [-0.15, -0.1) is 0 Å². The van der Waals surface area contributed by atoms with Gasteiger partial charge >= 0.3 is 5.69 Å². The standard InChI is InChI=1S/C11H12F2N2O3/c1-18-9-4-7(2-3-8(9)15(16)17)10(14)5-11(12,13)6-10/h2-4H,5-6,14H2,1H3. The zero-order valence-electron chi connectivity index (χ0n) is 9.65. The number of hydrogen-bond donors (Lipinski definition) is 1. The van der Waals surface area contributed by atoms with E-state index in [9.17, 15) is 18.9 Å². The Bertz CT molecular complexity index is 497. The number of rotatable bonds is 3. The fourth-order valence-electron chi connectivity index (χ4n) is 2.21. The summed E-state index contributed by atoms with van der Waals surface area (Å²) in [5, 5.41) is 10.7. The highest BCUT2D eigenvalue weighted by atomic mass is 19.3. The molecule has 0 heterocycles. The van der Waals surface area contributed by atoms with E-state index in [4.69, 9.17) is 10.5 Å². The van der Waals surface area contributed by atoms with Gasteiger partial charge in [0.2, 0.25) is 0 Å². The molecule has 18 heavy (non-hydrogen) atoms. The topological polar surface area (TPSA) is 78.4 Å². The molecule has 98 valence electrons. The van der Waals surface area contributed by atoms with Crippen LogP contribution in [0.4, 0.5) is 14.5 Å². The Morgan fingerprint density at radius 3 is 2.50 bits per heavy atom. The van der Waals surface area contributed by atoms with Gasteiger partial charge in [0.1, 0.15) is 0 Å². The number of ether oxygens (including phenoxy) is 1. The molecule has 0 saturated heterocycles. The van der Waals surface area contributed by atoms with E-state index < -0.39 is 29.2 Å². The van der Waals surface area contributed by atoms with E-state index in [2.05, 4.69) is 0 Å². The van der Waals surface area contributed by atoms with E-state index in [1.54, 1.807) is 0 Å². The van der Waals surface area contributed by atoms with Crippen LogP contribution < -0.4 is 10.5 Å². The molecule has 1 aromatic rings. The van der Waals surface area contributed by atoms with Crippen LogP contribution in [-0.4, -0.2) is 18.0 Å². The largest absolute Gasteiger partial charge is 0.490 e. The number of nitro groups is 1. The average Bonchev–Trinajstić information content (AvgIpc) is 2.25. The molecule has 7 heteroatoms. The predicted octanol–water partition coefficient (Wildman–Crippen LogP) is 2.19. The van der Waals surface area contributed by atoms with Gasteiger partial charge in [-0.3, -0.25) is 10.1 Å². The normalized spacial score (nSPS) is 20.0. The molecule has 0 aliphatic heterocycles. The summed E-state index contributed by atoms with van der Waals surface area (Å²) in [6.07, 6.45) is -0.915. The van der Waals surface area contributed by atoms with Crippen molar-refractivity contribution in [3.05, 3.63) is 33.9 Å². The monoisotopic (exact) mass is 258 g/mol. The zero-order valence-corrected chi connectivity index (χ0v) is 9.65. The first-order chi connectivity index (χ1) is 8.27. The summed E-state index contributed by atoms with van der Waals surface area (Å²) in [6.45, 7) is 0. The summed E-state index contributed by atoms with van der Waals surface area (Å²) in [4.78, 5) is 10.1. The molecule has 0 aromatic heterocycles. The quantitative estimate of drug-likeness (QED) is 0.665. The van der Waals surface area contributed by atoms with Crippen LogP contribution in [0.15, 0.2) is 18.2 Å². The summed E-state index contributed by atoms with van der Waals surface area (Å²) in [5.41, 5.74) is 4.93. The molecule has 0 atom stereocenters. The molecule has 0 amide bonds. The Kier molecular flexibility index (Phi) is 2.73. The lowest BCUT2D eigenvalue weighted by atomic mass is 9.70. The van der Waals surface area contributed by atoms with E-state index in [0.717, 1.165) is 0 Å². The molecule has 0 spiro atoms. The SMILES string of the molecule is COc1cc(C2(N)CC(F)(F)C2)ccc1[N+](=O)[O-]. The highest BCUT2D eigenvalue weighted by molar-refractivity contribution is 5.50. The van der Waals surface area contributed by atoms with Crippen molar-refractivity contribution in [2.24, 2.45) is 5.73 Å². The van der Waals surface area contributed by atoms with Crippen molar-refractivity contribution >= 4 is 5.69 Å². The maximum Gasteiger partial charge on any atom is 0.310 e. The molecule has 2 rings (SSSR count). The second kappa shape index (κ2) is 3.88. The molecule has 0 unspecified atom stereocenters. The minimum absolute atomic E-state index is 0.0255. The van der Waals surface area contributed by atoms with Crippen LogP contribution in [-0.2, 0) is 5.54 Å². The summed E-state index contributed by atoms with van der Waals surface area (Å²) < 4.78 is 30.7. The van der Waals surface area contributed by atoms with Gasteiger partial charge in [0, 0.05) is 18.9 Å². The second-order valence-electron chi connectivity index (χ2n) is 4.51. The van der Waals surface area contributed by atoms with Crippen molar-refractivity contribution in [2.45, 2.75) is 24.3 Å². The van der Waals surface area contributed by atoms with E-state index in [1.807, 2.05) is 0 Å². The fraction of sp³-hybridized carbons (Fsp3) is 0.455. The van der Waals surface area contributed by atoms with E-state index >= 15 is 0 Å². The second-order valence-corrected chi connectivity index (χ2v) is 4.51. The molecule has 0 radical (unpaired) electrons. The Morgan fingerprint density at radius 1 is 1.44 bits per heavy atom. The Hall–Kier alpha value is -1.76. The van der Waals surface area contributed by atoms with Gasteiger partial charge in [0.25, 0.3) is 5.92 Å². The van der Waals surface area contributed by atoms with Gasteiger partial charge in [0.15, 0.2) is 5.75 Å². The third-order valence-electron chi connectivity index (χ3n) is 3.10. The number of nitro benzene ring substituents is 1. The zero-order chi connectivity index (χ0) is 13.6. The number of benzene rings is 1. The number of nitrogens with two attached hydrogens (primary N) is 1. The van der Waals surface area contributed by atoms with Gasteiger partial charge < -0.3 is 10.5 Å². The van der Waals surface area contributed by atoms with Crippen molar-refractivity contribution in [3.63, 3.8) is 0 Å². The maximum absolute atomic E-state index is 12.9. The molecule has 5 nitrogen and oxygen atoms in total. The molecular weight excluding hydrogens is 246 g/mol. The van der Waals surface area contributed by atoms with Gasteiger partial charge in [-0.25, -0.2) is 8.78 Å². The molecule has 0 bridgehead atoms. The van der Waals surface area contributed by atoms with Crippen molar-refractivity contribution in [1.82, 2.24) is 0 Å². The Morgan fingerprint density at radius 2 is 2.06 bits per heavy atom.